The Bertz CT molecular complexity index is 800. The molecule has 2 aromatic rings. The maximum absolute atomic E-state index is 13.1. The SMILES string of the molecule is CN=C(NCc1ccc(COCC(F)(F)F)cc1)NCC(OC)c1ccc(F)cc1.I. The van der Waals surface area contributed by atoms with Crippen LogP contribution in [0.1, 0.15) is 22.8 Å². The molecule has 0 heterocycles. The summed E-state index contributed by atoms with van der Waals surface area (Å²) in [5, 5.41) is 6.30. The Morgan fingerprint density at radius 2 is 1.61 bits per heavy atom. The molecule has 0 radical (unpaired) electrons. The molecule has 0 spiro atoms. The van der Waals surface area contributed by atoms with Crippen molar-refractivity contribution in [2.45, 2.75) is 25.4 Å². The lowest BCUT2D eigenvalue weighted by molar-refractivity contribution is -0.176. The molecule has 0 bridgehead atoms. The van der Waals surface area contributed by atoms with Crippen LogP contribution >= 0.6 is 24.0 Å². The van der Waals surface area contributed by atoms with Crippen LogP contribution in [-0.2, 0) is 22.6 Å². The first-order valence-corrected chi connectivity index (χ1v) is 9.26. The molecule has 5 nitrogen and oxygen atoms in total. The normalized spacial score (nSPS) is 12.8. The Kier molecular flexibility index (Phi) is 11.8. The lowest BCUT2D eigenvalue weighted by Gasteiger charge is -2.19. The van der Waals surface area contributed by atoms with Crippen LogP contribution in [0.5, 0.6) is 0 Å². The molecular formula is C21H26F4IN3O2. The second kappa shape index (κ2) is 13.5. The van der Waals surface area contributed by atoms with Gasteiger partial charge in [-0.1, -0.05) is 36.4 Å². The second-order valence-electron chi connectivity index (χ2n) is 6.51. The smallest absolute Gasteiger partial charge is 0.375 e. The van der Waals surface area contributed by atoms with Gasteiger partial charge in [-0.15, -0.1) is 24.0 Å². The standard InChI is InChI=1S/C21H25F4N3O2.HI/c1-26-20(28-12-19(29-2)17-7-9-18(22)10-8-17)27-11-15-3-5-16(6-4-15)13-30-14-21(23,24)25;/h3-10,19H,11-14H2,1-2H3,(H2,26,27,28);1H. The number of rotatable bonds is 9. The molecule has 172 valence electrons. The fourth-order valence-electron chi connectivity index (χ4n) is 2.65. The van der Waals surface area contributed by atoms with Crippen molar-refractivity contribution in [2.75, 3.05) is 27.3 Å². The van der Waals surface area contributed by atoms with Crippen molar-refractivity contribution in [2.24, 2.45) is 4.99 Å². The highest BCUT2D eigenvalue weighted by atomic mass is 127. The molecule has 0 saturated carbocycles. The predicted molar refractivity (Wildman–Crippen MR) is 122 cm³/mol. The third kappa shape index (κ3) is 10.3. The first-order chi connectivity index (χ1) is 14.3. The zero-order valence-corrected chi connectivity index (χ0v) is 19.5. The van der Waals surface area contributed by atoms with E-state index in [0.29, 0.717) is 24.6 Å². The number of benzene rings is 2. The molecule has 0 aliphatic carbocycles. The number of aliphatic imine (C=N–C) groups is 1. The molecule has 0 aliphatic heterocycles. The van der Waals surface area contributed by atoms with E-state index in [2.05, 4.69) is 20.4 Å². The molecule has 2 N–H and O–H groups in total. The molecule has 0 aromatic heterocycles. The van der Waals surface area contributed by atoms with Crippen molar-refractivity contribution >= 4 is 29.9 Å². The van der Waals surface area contributed by atoms with E-state index >= 15 is 0 Å². The van der Waals surface area contributed by atoms with Gasteiger partial charge in [-0.25, -0.2) is 4.39 Å². The summed E-state index contributed by atoms with van der Waals surface area (Å²) in [5.41, 5.74) is 2.43. The maximum Gasteiger partial charge on any atom is 0.411 e. The van der Waals surface area contributed by atoms with Gasteiger partial charge in [0, 0.05) is 27.2 Å². The molecule has 0 aliphatic rings. The predicted octanol–water partition coefficient (Wildman–Crippen LogP) is 4.58. The van der Waals surface area contributed by atoms with Crippen LogP contribution in [0.2, 0.25) is 0 Å². The lowest BCUT2D eigenvalue weighted by atomic mass is 10.1. The fourth-order valence-corrected chi connectivity index (χ4v) is 2.65. The van der Waals surface area contributed by atoms with Gasteiger partial charge in [-0.05, 0) is 28.8 Å². The summed E-state index contributed by atoms with van der Waals surface area (Å²) < 4.78 is 59.5. The van der Waals surface area contributed by atoms with Gasteiger partial charge in [0.25, 0.3) is 0 Å². The minimum absolute atomic E-state index is 0. The molecule has 2 rings (SSSR count). The van der Waals surface area contributed by atoms with Crippen LogP contribution in [-0.4, -0.2) is 39.4 Å². The summed E-state index contributed by atoms with van der Waals surface area (Å²) in [7, 11) is 3.21. The summed E-state index contributed by atoms with van der Waals surface area (Å²) in [5.74, 6) is 0.244. The molecule has 0 fully saturated rings. The number of halogens is 5. The zero-order valence-electron chi connectivity index (χ0n) is 17.2. The van der Waals surface area contributed by atoms with Crippen LogP contribution in [0.25, 0.3) is 0 Å². The minimum Gasteiger partial charge on any atom is -0.375 e. The van der Waals surface area contributed by atoms with Crippen molar-refractivity contribution in [3.8, 4) is 0 Å². The summed E-state index contributed by atoms with van der Waals surface area (Å²) in [6.45, 7) is -0.466. The highest BCUT2D eigenvalue weighted by molar-refractivity contribution is 14.0. The van der Waals surface area contributed by atoms with Crippen LogP contribution in [0.3, 0.4) is 0 Å². The molecule has 10 heteroatoms. The number of ether oxygens (including phenoxy) is 2. The second-order valence-corrected chi connectivity index (χ2v) is 6.51. The minimum atomic E-state index is -4.33. The van der Waals surface area contributed by atoms with Gasteiger partial charge >= 0.3 is 6.18 Å². The van der Waals surface area contributed by atoms with Gasteiger partial charge in [0.05, 0.1) is 12.7 Å². The van der Waals surface area contributed by atoms with E-state index in [1.807, 2.05) is 12.1 Å². The average molecular weight is 555 g/mol. The number of nitrogens with one attached hydrogen (secondary N) is 2. The van der Waals surface area contributed by atoms with Gasteiger partial charge in [0.2, 0.25) is 0 Å². The molecule has 2 aromatic carbocycles. The first kappa shape index (κ1) is 27.1. The van der Waals surface area contributed by atoms with E-state index in [0.717, 1.165) is 11.1 Å². The van der Waals surface area contributed by atoms with Crippen molar-refractivity contribution in [1.82, 2.24) is 10.6 Å². The molecule has 0 saturated heterocycles. The van der Waals surface area contributed by atoms with E-state index in [1.165, 1.54) is 12.1 Å². The molecule has 31 heavy (non-hydrogen) atoms. The Labute approximate surface area is 196 Å². The summed E-state index contributed by atoms with van der Waals surface area (Å²) in [6, 6.07) is 13.2. The molecule has 1 atom stereocenters. The molecule has 0 amide bonds. The van der Waals surface area contributed by atoms with Crippen LogP contribution in [0.4, 0.5) is 17.6 Å². The van der Waals surface area contributed by atoms with E-state index in [4.69, 9.17) is 4.74 Å². The number of methoxy groups -OCH3 is 1. The largest absolute Gasteiger partial charge is 0.411 e. The van der Waals surface area contributed by atoms with E-state index in [9.17, 15) is 17.6 Å². The Hall–Kier alpha value is -1.92. The van der Waals surface area contributed by atoms with Crippen molar-refractivity contribution in [1.29, 1.82) is 0 Å². The topological polar surface area (TPSA) is 54.9 Å². The van der Waals surface area contributed by atoms with Crippen molar-refractivity contribution in [3.05, 3.63) is 71.0 Å². The maximum atomic E-state index is 13.1. The highest BCUT2D eigenvalue weighted by Crippen LogP contribution is 2.17. The fraction of sp³-hybridized carbons (Fsp3) is 0.381. The number of hydrogen-bond donors (Lipinski definition) is 2. The van der Waals surface area contributed by atoms with Gasteiger partial charge in [-0.3, -0.25) is 4.99 Å². The summed E-state index contributed by atoms with van der Waals surface area (Å²) in [6.07, 6.45) is -4.61. The average Bonchev–Trinajstić information content (AvgIpc) is 2.72. The monoisotopic (exact) mass is 555 g/mol. The van der Waals surface area contributed by atoms with Crippen molar-refractivity contribution < 1.29 is 27.0 Å². The summed E-state index contributed by atoms with van der Waals surface area (Å²) in [4.78, 5) is 4.15. The van der Waals surface area contributed by atoms with Crippen LogP contribution in [0, 0.1) is 5.82 Å². The van der Waals surface area contributed by atoms with Crippen LogP contribution < -0.4 is 10.6 Å². The number of hydrogen-bond acceptors (Lipinski definition) is 3. The van der Waals surface area contributed by atoms with E-state index in [-0.39, 0.29) is 42.5 Å². The number of alkyl halides is 3. The summed E-state index contributed by atoms with van der Waals surface area (Å²) >= 11 is 0. The van der Waals surface area contributed by atoms with Crippen molar-refractivity contribution in [3.63, 3.8) is 0 Å². The Balaban J connectivity index is 0.00000480. The Morgan fingerprint density at radius 1 is 1.00 bits per heavy atom. The zero-order chi connectivity index (χ0) is 22.0. The van der Waals surface area contributed by atoms with Gasteiger partial charge in [-0.2, -0.15) is 13.2 Å². The quantitative estimate of drug-likeness (QED) is 0.206. The first-order valence-electron chi connectivity index (χ1n) is 9.26. The van der Waals surface area contributed by atoms with Gasteiger partial charge < -0.3 is 20.1 Å². The molecule has 1 unspecified atom stereocenters. The number of guanidine groups is 1. The van der Waals surface area contributed by atoms with Gasteiger partial charge in [0.15, 0.2) is 5.96 Å². The van der Waals surface area contributed by atoms with E-state index < -0.39 is 12.8 Å². The van der Waals surface area contributed by atoms with Gasteiger partial charge in [0.1, 0.15) is 12.4 Å². The number of nitrogens with zero attached hydrogens (tertiary/aromatic N) is 1. The van der Waals surface area contributed by atoms with Crippen LogP contribution in [0.15, 0.2) is 53.5 Å². The third-order valence-corrected chi connectivity index (χ3v) is 4.22. The van der Waals surface area contributed by atoms with E-state index in [1.54, 1.807) is 38.4 Å². The lowest BCUT2D eigenvalue weighted by Crippen LogP contribution is -2.39. The molecular weight excluding hydrogens is 529 g/mol. The Morgan fingerprint density at radius 3 is 2.16 bits per heavy atom. The third-order valence-electron chi connectivity index (χ3n) is 4.22. The highest BCUT2D eigenvalue weighted by Gasteiger charge is 2.27.